The molecule has 1 aromatic heterocycles. The van der Waals surface area contributed by atoms with Gasteiger partial charge >= 0.3 is 0 Å². The molecule has 0 saturated carbocycles. The van der Waals surface area contributed by atoms with Crippen LogP contribution in [0.5, 0.6) is 0 Å². The van der Waals surface area contributed by atoms with Crippen molar-refractivity contribution in [2.24, 2.45) is 5.92 Å². The van der Waals surface area contributed by atoms with E-state index in [4.69, 9.17) is 4.74 Å². The number of imidazole rings is 1. The fourth-order valence-corrected chi connectivity index (χ4v) is 3.94. The number of amides is 1. The van der Waals surface area contributed by atoms with Crippen molar-refractivity contribution in [3.8, 4) is 0 Å². The Kier molecular flexibility index (Phi) is 4.57. The van der Waals surface area contributed by atoms with Gasteiger partial charge in [0.2, 0.25) is 5.91 Å². The lowest BCUT2D eigenvalue weighted by molar-refractivity contribution is -0.138. The van der Waals surface area contributed by atoms with Gasteiger partial charge < -0.3 is 14.2 Å². The predicted molar refractivity (Wildman–Crippen MR) is 95.0 cm³/mol. The zero-order valence-electron chi connectivity index (χ0n) is 14.7. The van der Waals surface area contributed by atoms with E-state index in [1.807, 2.05) is 24.2 Å². The Morgan fingerprint density at radius 2 is 2.16 bits per heavy atom. The Morgan fingerprint density at radius 3 is 2.92 bits per heavy atom. The minimum absolute atomic E-state index is 0.0155. The summed E-state index contributed by atoms with van der Waals surface area (Å²) >= 11 is 0. The normalized spacial score (nSPS) is 22.8. The third-order valence-corrected chi connectivity index (χ3v) is 5.48. The molecule has 1 amide bonds. The Bertz CT molecular complexity index is 741. The lowest BCUT2D eigenvalue weighted by Crippen LogP contribution is -2.42. The van der Waals surface area contributed by atoms with Crippen LogP contribution in [-0.4, -0.2) is 39.6 Å². The molecular weight excluding hydrogens is 314 g/mol. The van der Waals surface area contributed by atoms with Crippen molar-refractivity contribution in [1.82, 2.24) is 14.5 Å². The predicted octanol–water partition coefficient (Wildman–Crippen LogP) is 2.44. The van der Waals surface area contributed by atoms with Crippen molar-refractivity contribution in [3.05, 3.63) is 53.6 Å². The first kappa shape index (κ1) is 16.3. The smallest absolute Gasteiger partial charge is 0.228 e. The third kappa shape index (κ3) is 3.33. The fourth-order valence-electron chi connectivity index (χ4n) is 3.94. The van der Waals surface area contributed by atoms with Crippen LogP contribution in [0, 0.1) is 5.92 Å². The van der Waals surface area contributed by atoms with Crippen LogP contribution in [0.1, 0.15) is 30.3 Å². The highest BCUT2D eigenvalue weighted by Gasteiger charge is 2.35. The molecule has 132 valence electrons. The number of aromatic nitrogens is 2. The maximum Gasteiger partial charge on any atom is 0.228 e. The molecule has 1 fully saturated rings. The van der Waals surface area contributed by atoms with Crippen LogP contribution in [0.25, 0.3) is 0 Å². The Hall–Kier alpha value is -2.14. The lowest BCUT2D eigenvalue weighted by atomic mass is 9.99. The Labute approximate surface area is 148 Å². The van der Waals surface area contributed by atoms with Gasteiger partial charge in [-0.2, -0.15) is 0 Å². The van der Waals surface area contributed by atoms with Crippen LogP contribution in [0.3, 0.4) is 0 Å². The minimum atomic E-state index is 0.0155. The molecule has 2 aliphatic rings. The van der Waals surface area contributed by atoms with Crippen molar-refractivity contribution in [3.63, 3.8) is 0 Å². The van der Waals surface area contributed by atoms with Gasteiger partial charge in [-0.15, -0.1) is 0 Å². The summed E-state index contributed by atoms with van der Waals surface area (Å²) in [6, 6.07) is 10.5. The summed E-state index contributed by atoms with van der Waals surface area (Å²) in [5.74, 6) is 0.246. The van der Waals surface area contributed by atoms with Gasteiger partial charge in [-0.3, -0.25) is 4.79 Å². The maximum absolute atomic E-state index is 12.7. The molecule has 5 heteroatoms. The summed E-state index contributed by atoms with van der Waals surface area (Å²) in [5, 5.41) is 0. The standard InChI is InChI=1S/C20H25N3O2/c1-15-17(9-12-25-15)20(24)22-11-8-19-18(13-22)21-14-23(19)10-7-16-5-3-2-4-6-16/h2-6,14-15,17H,7-13H2,1H3/t15-,17-/m1/s1. The van der Waals surface area contributed by atoms with Crippen LogP contribution in [0.2, 0.25) is 0 Å². The van der Waals surface area contributed by atoms with Crippen LogP contribution >= 0.6 is 0 Å². The number of ether oxygens (including phenoxy) is 1. The molecule has 4 rings (SSSR count). The quantitative estimate of drug-likeness (QED) is 0.859. The highest BCUT2D eigenvalue weighted by Crippen LogP contribution is 2.26. The minimum Gasteiger partial charge on any atom is -0.378 e. The molecule has 2 aromatic rings. The molecule has 0 aliphatic carbocycles. The summed E-state index contributed by atoms with van der Waals surface area (Å²) in [5.41, 5.74) is 3.68. The van der Waals surface area contributed by atoms with Crippen LogP contribution in [0.4, 0.5) is 0 Å². The summed E-state index contributed by atoms with van der Waals surface area (Å²) in [4.78, 5) is 19.3. The fraction of sp³-hybridized carbons (Fsp3) is 0.500. The van der Waals surface area contributed by atoms with E-state index in [0.29, 0.717) is 13.2 Å². The second-order valence-electron chi connectivity index (χ2n) is 7.05. The van der Waals surface area contributed by atoms with Crippen molar-refractivity contribution >= 4 is 5.91 Å². The number of hydrogen-bond acceptors (Lipinski definition) is 3. The van der Waals surface area contributed by atoms with Crippen LogP contribution in [0.15, 0.2) is 36.7 Å². The van der Waals surface area contributed by atoms with E-state index in [1.54, 1.807) is 0 Å². The molecule has 25 heavy (non-hydrogen) atoms. The maximum atomic E-state index is 12.7. The Morgan fingerprint density at radius 1 is 1.32 bits per heavy atom. The summed E-state index contributed by atoms with van der Waals surface area (Å²) in [6.07, 6.45) is 4.70. The monoisotopic (exact) mass is 339 g/mol. The zero-order chi connectivity index (χ0) is 17.2. The molecular formula is C20H25N3O2. The molecule has 1 saturated heterocycles. The second-order valence-corrected chi connectivity index (χ2v) is 7.05. The molecule has 0 spiro atoms. The number of carbonyl (C=O) groups is 1. The summed E-state index contributed by atoms with van der Waals surface area (Å²) < 4.78 is 7.81. The first-order valence-corrected chi connectivity index (χ1v) is 9.19. The first-order valence-electron chi connectivity index (χ1n) is 9.19. The third-order valence-electron chi connectivity index (χ3n) is 5.48. The number of benzene rings is 1. The van der Waals surface area contributed by atoms with E-state index in [9.17, 15) is 4.79 Å². The van der Waals surface area contributed by atoms with Gasteiger partial charge in [0.15, 0.2) is 0 Å². The topological polar surface area (TPSA) is 47.4 Å². The number of nitrogens with zero attached hydrogens (tertiary/aromatic N) is 3. The lowest BCUT2D eigenvalue weighted by Gasteiger charge is -2.30. The van der Waals surface area contributed by atoms with Gasteiger partial charge in [0.25, 0.3) is 0 Å². The highest BCUT2D eigenvalue weighted by molar-refractivity contribution is 5.79. The molecule has 0 N–H and O–H groups in total. The molecule has 3 heterocycles. The molecule has 0 bridgehead atoms. The molecule has 0 radical (unpaired) electrons. The van der Waals surface area contributed by atoms with Crippen LogP contribution < -0.4 is 0 Å². The number of hydrogen-bond donors (Lipinski definition) is 0. The van der Waals surface area contributed by atoms with E-state index in [2.05, 4.69) is 33.8 Å². The molecule has 2 aliphatic heterocycles. The number of rotatable bonds is 4. The summed E-state index contributed by atoms with van der Waals surface area (Å²) in [7, 11) is 0. The van der Waals surface area contributed by atoms with E-state index in [1.165, 1.54) is 11.3 Å². The van der Waals surface area contributed by atoms with Crippen LogP contribution in [-0.2, 0) is 35.5 Å². The van der Waals surface area contributed by atoms with E-state index in [0.717, 1.165) is 38.0 Å². The van der Waals surface area contributed by atoms with Crippen molar-refractivity contribution in [2.45, 2.75) is 45.4 Å². The van der Waals surface area contributed by atoms with Gasteiger partial charge in [-0.05, 0) is 25.3 Å². The number of carbonyl (C=O) groups excluding carboxylic acids is 1. The van der Waals surface area contributed by atoms with Crippen molar-refractivity contribution in [1.29, 1.82) is 0 Å². The van der Waals surface area contributed by atoms with Gasteiger partial charge in [0.1, 0.15) is 0 Å². The van der Waals surface area contributed by atoms with Crippen molar-refractivity contribution < 1.29 is 9.53 Å². The number of aryl methyl sites for hydroxylation is 2. The number of fused-ring (bicyclic) bond motifs is 1. The second kappa shape index (κ2) is 7.00. The van der Waals surface area contributed by atoms with E-state index < -0.39 is 0 Å². The average molecular weight is 339 g/mol. The van der Waals surface area contributed by atoms with Gasteiger partial charge in [-0.1, -0.05) is 30.3 Å². The van der Waals surface area contributed by atoms with E-state index in [-0.39, 0.29) is 17.9 Å². The molecule has 5 nitrogen and oxygen atoms in total. The molecule has 1 aromatic carbocycles. The zero-order valence-corrected chi connectivity index (χ0v) is 14.7. The average Bonchev–Trinajstić information content (AvgIpc) is 3.25. The molecule has 2 atom stereocenters. The molecule has 0 unspecified atom stereocenters. The van der Waals surface area contributed by atoms with Crippen molar-refractivity contribution in [2.75, 3.05) is 13.2 Å². The first-order chi connectivity index (χ1) is 12.2. The van der Waals surface area contributed by atoms with Gasteiger partial charge in [-0.25, -0.2) is 4.98 Å². The van der Waals surface area contributed by atoms with E-state index >= 15 is 0 Å². The highest BCUT2D eigenvalue weighted by atomic mass is 16.5. The Balaban J connectivity index is 1.41. The van der Waals surface area contributed by atoms with Gasteiger partial charge in [0.05, 0.1) is 30.6 Å². The largest absolute Gasteiger partial charge is 0.378 e. The summed E-state index contributed by atoms with van der Waals surface area (Å²) in [6.45, 7) is 5.06. The van der Waals surface area contributed by atoms with Gasteiger partial charge in [0, 0.05) is 31.8 Å². The SMILES string of the molecule is C[C@H]1OCC[C@H]1C(=O)N1CCc2c(ncn2CCc2ccccc2)C1.